The maximum absolute atomic E-state index is 8.81. The van der Waals surface area contributed by atoms with Gasteiger partial charge in [-0.1, -0.05) is 30.7 Å². The average Bonchev–Trinajstić information content (AvgIpc) is 2.35. The van der Waals surface area contributed by atoms with Crippen molar-refractivity contribution < 1.29 is 0 Å². The molecule has 0 N–H and O–H groups in total. The molecule has 0 saturated carbocycles. The number of hydrogen-bond donors (Lipinski definition) is 0. The van der Waals surface area contributed by atoms with Crippen LogP contribution in [-0.2, 0) is 0 Å². The number of nitriles is 1. The van der Waals surface area contributed by atoms with Gasteiger partial charge in [-0.3, -0.25) is 4.90 Å². The number of halogens is 1. The van der Waals surface area contributed by atoms with Crippen molar-refractivity contribution in [3.63, 3.8) is 0 Å². The first-order valence-electron chi connectivity index (χ1n) is 5.94. The van der Waals surface area contributed by atoms with Gasteiger partial charge in [0.25, 0.3) is 0 Å². The van der Waals surface area contributed by atoms with Gasteiger partial charge in [0.15, 0.2) is 0 Å². The summed E-state index contributed by atoms with van der Waals surface area (Å²) in [7, 11) is 2.07. The first-order chi connectivity index (χ1) is 8.10. The van der Waals surface area contributed by atoms with Gasteiger partial charge in [-0.15, -0.1) is 0 Å². The van der Waals surface area contributed by atoms with Gasteiger partial charge in [0.05, 0.1) is 12.5 Å². The average molecular weight is 251 g/mol. The van der Waals surface area contributed by atoms with Crippen molar-refractivity contribution in [2.45, 2.75) is 38.8 Å². The van der Waals surface area contributed by atoms with Crippen LogP contribution in [0.5, 0.6) is 0 Å². The molecule has 0 amide bonds. The van der Waals surface area contributed by atoms with Gasteiger partial charge in [-0.25, -0.2) is 0 Å². The largest absolute Gasteiger partial charge is 0.296 e. The number of hydrogen-bond acceptors (Lipinski definition) is 2. The molecule has 92 valence electrons. The fourth-order valence-corrected chi connectivity index (χ4v) is 2.10. The third kappa shape index (κ3) is 3.73. The summed E-state index contributed by atoms with van der Waals surface area (Å²) >= 11 is 5.88. The molecule has 0 fully saturated rings. The molecule has 0 aliphatic carbocycles. The van der Waals surface area contributed by atoms with Crippen LogP contribution in [-0.4, -0.2) is 18.0 Å². The second-order valence-corrected chi connectivity index (χ2v) is 4.75. The van der Waals surface area contributed by atoms with E-state index in [0.717, 1.165) is 11.4 Å². The van der Waals surface area contributed by atoms with Crippen LogP contribution >= 0.6 is 11.6 Å². The molecule has 1 aromatic rings. The Morgan fingerprint density at radius 3 is 2.41 bits per heavy atom. The Bertz CT molecular complexity index is 380. The molecular formula is C14H19ClN2. The molecule has 1 aromatic carbocycles. The van der Waals surface area contributed by atoms with Crippen molar-refractivity contribution in [2.75, 3.05) is 7.05 Å². The molecule has 17 heavy (non-hydrogen) atoms. The third-order valence-corrected chi connectivity index (χ3v) is 3.59. The highest BCUT2D eigenvalue weighted by atomic mass is 35.5. The van der Waals surface area contributed by atoms with E-state index in [1.807, 2.05) is 24.3 Å². The molecule has 2 unspecified atom stereocenters. The van der Waals surface area contributed by atoms with E-state index >= 15 is 0 Å². The molecule has 0 radical (unpaired) electrons. The zero-order chi connectivity index (χ0) is 12.8. The molecule has 0 aromatic heterocycles. The van der Waals surface area contributed by atoms with Gasteiger partial charge in [-0.2, -0.15) is 5.26 Å². The summed E-state index contributed by atoms with van der Waals surface area (Å²) in [5.74, 6) is 0. The Morgan fingerprint density at radius 2 is 1.94 bits per heavy atom. The molecule has 0 saturated heterocycles. The maximum Gasteiger partial charge on any atom is 0.0638 e. The lowest BCUT2D eigenvalue weighted by Gasteiger charge is -2.31. The van der Waals surface area contributed by atoms with Crippen molar-refractivity contribution in [3.8, 4) is 6.07 Å². The molecule has 2 nitrogen and oxygen atoms in total. The first-order valence-corrected chi connectivity index (χ1v) is 6.32. The smallest absolute Gasteiger partial charge is 0.0638 e. The highest BCUT2D eigenvalue weighted by molar-refractivity contribution is 6.30. The van der Waals surface area contributed by atoms with E-state index in [0.29, 0.717) is 18.5 Å². The molecule has 0 aliphatic heterocycles. The minimum atomic E-state index is 0.297. The molecule has 1 rings (SSSR count). The summed E-state index contributed by atoms with van der Waals surface area (Å²) in [6.45, 7) is 4.27. The molecular weight excluding hydrogens is 232 g/mol. The molecule has 0 bridgehead atoms. The van der Waals surface area contributed by atoms with Gasteiger partial charge >= 0.3 is 0 Å². The molecule has 0 spiro atoms. The SMILES string of the molecule is CCC(CC#N)N(C)C(C)c1ccc(Cl)cc1. The fourth-order valence-electron chi connectivity index (χ4n) is 1.97. The Balaban J connectivity index is 2.78. The van der Waals surface area contributed by atoms with Crippen molar-refractivity contribution >= 4 is 11.6 Å². The first kappa shape index (κ1) is 14.0. The normalized spacial score (nSPS) is 14.4. The van der Waals surface area contributed by atoms with Gasteiger partial charge in [0.2, 0.25) is 0 Å². The van der Waals surface area contributed by atoms with Gasteiger partial charge in [0.1, 0.15) is 0 Å². The van der Waals surface area contributed by atoms with E-state index in [1.165, 1.54) is 5.56 Å². The summed E-state index contributed by atoms with van der Waals surface area (Å²) in [5.41, 5.74) is 1.23. The van der Waals surface area contributed by atoms with E-state index in [4.69, 9.17) is 16.9 Å². The summed E-state index contributed by atoms with van der Waals surface area (Å²) in [5, 5.41) is 9.57. The molecule has 0 aliphatic rings. The van der Waals surface area contributed by atoms with Crippen LogP contribution in [0.15, 0.2) is 24.3 Å². The highest BCUT2D eigenvalue weighted by Crippen LogP contribution is 2.24. The Hall–Kier alpha value is -1.04. The minimum absolute atomic E-state index is 0.297. The van der Waals surface area contributed by atoms with Crippen LogP contribution in [0, 0.1) is 11.3 Å². The lowest BCUT2D eigenvalue weighted by molar-refractivity contribution is 0.182. The van der Waals surface area contributed by atoms with E-state index in [1.54, 1.807) is 0 Å². The van der Waals surface area contributed by atoms with Gasteiger partial charge in [-0.05, 0) is 38.1 Å². The fraction of sp³-hybridized carbons (Fsp3) is 0.500. The monoisotopic (exact) mass is 250 g/mol. The van der Waals surface area contributed by atoms with Crippen molar-refractivity contribution in [1.29, 1.82) is 5.26 Å². The van der Waals surface area contributed by atoms with E-state index in [9.17, 15) is 0 Å². The molecule has 2 atom stereocenters. The van der Waals surface area contributed by atoms with E-state index in [-0.39, 0.29) is 0 Å². The molecule has 0 heterocycles. The van der Waals surface area contributed by atoms with Crippen LogP contribution in [0.4, 0.5) is 0 Å². The van der Waals surface area contributed by atoms with Gasteiger partial charge < -0.3 is 0 Å². The second-order valence-electron chi connectivity index (χ2n) is 4.32. The second kappa shape index (κ2) is 6.64. The quantitative estimate of drug-likeness (QED) is 0.789. The lowest BCUT2D eigenvalue weighted by Crippen LogP contribution is -2.33. The minimum Gasteiger partial charge on any atom is -0.296 e. The lowest BCUT2D eigenvalue weighted by atomic mass is 10.0. The Morgan fingerprint density at radius 1 is 1.35 bits per heavy atom. The predicted molar refractivity (Wildman–Crippen MR) is 71.9 cm³/mol. The van der Waals surface area contributed by atoms with Gasteiger partial charge in [0, 0.05) is 17.1 Å². The van der Waals surface area contributed by atoms with E-state index in [2.05, 4.69) is 31.9 Å². The van der Waals surface area contributed by atoms with Crippen molar-refractivity contribution in [3.05, 3.63) is 34.9 Å². The van der Waals surface area contributed by atoms with Crippen LogP contribution < -0.4 is 0 Å². The standard InChI is InChI=1S/C14H19ClN2/c1-4-14(9-10-16)17(3)11(2)12-5-7-13(15)8-6-12/h5-8,11,14H,4,9H2,1-3H3. The number of nitrogens with zero attached hydrogens (tertiary/aromatic N) is 2. The van der Waals surface area contributed by atoms with Crippen LogP contribution in [0.3, 0.4) is 0 Å². The van der Waals surface area contributed by atoms with Crippen molar-refractivity contribution in [1.82, 2.24) is 4.90 Å². The van der Waals surface area contributed by atoms with Crippen LogP contribution in [0.2, 0.25) is 5.02 Å². The topological polar surface area (TPSA) is 27.0 Å². The van der Waals surface area contributed by atoms with Crippen molar-refractivity contribution in [2.24, 2.45) is 0 Å². The van der Waals surface area contributed by atoms with Crippen LogP contribution in [0.25, 0.3) is 0 Å². The number of rotatable bonds is 5. The summed E-state index contributed by atoms with van der Waals surface area (Å²) in [6.07, 6.45) is 1.56. The highest BCUT2D eigenvalue weighted by Gasteiger charge is 2.19. The third-order valence-electron chi connectivity index (χ3n) is 3.34. The summed E-state index contributed by atoms with van der Waals surface area (Å²) < 4.78 is 0. The zero-order valence-corrected chi connectivity index (χ0v) is 11.4. The Kier molecular flexibility index (Phi) is 5.47. The predicted octanol–water partition coefficient (Wildman–Crippen LogP) is 4.03. The number of benzene rings is 1. The van der Waals surface area contributed by atoms with E-state index < -0.39 is 0 Å². The zero-order valence-electron chi connectivity index (χ0n) is 10.7. The summed E-state index contributed by atoms with van der Waals surface area (Å²) in [6, 6.07) is 10.8. The van der Waals surface area contributed by atoms with Crippen LogP contribution in [0.1, 0.15) is 38.3 Å². The molecule has 3 heteroatoms. The summed E-state index contributed by atoms with van der Waals surface area (Å²) in [4.78, 5) is 2.26. The Labute approximate surface area is 109 Å². The maximum atomic E-state index is 8.81.